The van der Waals surface area contributed by atoms with E-state index in [1.165, 1.54) is 0 Å². The van der Waals surface area contributed by atoms with E-state index in [1.54, 1.807) is 4.90 Å². The van der Waals surface area contributed by atoms with Crippen LogP contribution >= 0.6 is 0 Å². The summed E-state index contributed by atoms with van der Waals surface area (Å²) in [6.07, 6.45) is 0.838. The molecule has 6 nitrogen and oxygen atoms in total. The van der Waals surface area contributed by atoms with Gasteiger partial charge in [-0.1, -0.05) is 30.3 Å². The number of amides is 2. The second-order valence-electron chi connectivity index (χ2n) is 5.26. The molecule has 6 heteroatoms. The Kier molecular flexibility index (Phi) is 4.80. The van der Waals surface area contributed by atoms with Gasteiger partial charge in [0.05, 0.1) is 5.41 Å². The Morgan fingerprint density at radius 2 is 1.86 bits per heavy atom. The summed E-state index contributed by atoms with van der Waals surface area (Å²) in [6, 6.07) is 9.08. The molecule has 2 amide bonds. The third-order valence-corrected chi connectivity index (χ3v) is 4.06. The molecule has 0 spiro atoms. The normalized spacial score (nSPS) is 17.3. The highest BCUT2D eigenvalue weighted by molar-refractivity contribution is 5.82. The third-order valence-electron chi connectivity index (χ3n) is 4.06. The van der Waals surface area contributed by atoms with Crippen molar-refractivity contribution in [3.05, 3.63) is 35.9 Å². The number of carboxylic acid groups (broad SMARTS) is 1. The molecule has 0 aromatic heterocycles. The molecule has 21 heavy (non-hydrogen) atoms. The quantitative estimate of drug-likeness (QED) is 0.763. The Hall–Kier alpha value is -2.08. The van der Waals surface area contributed by atoms with Crippen molar-refractivity contribution >= 4 is 12.0 Å². The number of hydrogen-bond acceptors (Lipinski definition) is 3. The number of nitrogens with two attached hydrogens (primary N) is 1. The number of aliphatic carboxylic acids is 1. The predicted octanol–water partition coefficient (Wildman–Crippen LogP) is 0.773. The van der Waals surface area contributed by atoms with E-state index in [1.807, 2.05) is 30.3 Å². The molecule has 0 saturated carbocycles. The Morgan fingerprint density at radius 3 is 2.38 bits per heavy atom. The standard InChI is InChI=1S/C15H21N3O3/c16-8-9-17-14(21)18-10-6-15(7-11-18,13(19)20)12-4-2-1-3-5-12/h1-5H,6-11,16H2,(H,17,21)(H,19,20). The molecule has 1 aromatic carbocycles. The zero-order valence-electron chi connectivity index (χ0n) is 11.9. The third kappa shape index (κ3) is 3.16. The minimum atomic E-state index is -0.897. The second-order valence-corrected chi connectivity index (χ2v) is 5.26. The van der Waals surface area contributed by atoms with E-state index in [0.29, 0.717) is 39.0 Å². The van der Waals surface area contributed by atoms with Crippen molar-refractivity contribution in [3.63, 3.8) is 0 Å². The molecule has 1 saturated heterocycles. The first-order valence-electron chi connectivity index (χ1n) is 7.12. The molecule has 0 atom stereocenters. The fraction of sp³-hybridized carbons (Fsp3) is 0.467. The Morgan fingerprint density at radius 1 is 1.24 bits per heavy atom. The number of carbonyl (C=O) groups excluding carboxylic acids is 1. The highest BCUT2D eigenvalue weighted by Crippen LogP contribution is 2.35. The lowest BCUT2D eigenvalue weighted by atomic mass is 9.73. The zero-order chi connectivity index (χ0) is 15.3. The van der Waals surface area contributed by atoms with E-state index in [0.717, 1.165) is 5.56 Å². The van der Waals surface area contributed by atoms with Gasteiger partial charge in [-0.3, -0.25) is 4.79 Å². The second kappa shape index (κ2) is 6.58. The predicted molar refractivity (Wildman–Crippen MR) is 79.0 cm³/mol. The van der Waals surface area contributed by atoms with Crippen LogP contribution in [0.3, 0.4) is 0 Å². The van der Waals surface area contributed by atoms with Gasteiger partial charge in [0.25, 0.3) is 0 Å². The van der Waals surface area contributed by atoms with Crippen LogP contribution in [0.1, 0.15) is 18.4 Å². The molecular formula is C15H21N3O3. The average Bonchev–Trinajstić information content (AvgIpc) is 2.53. The fourth-order valence-electron chi connectivity index (χ4n) is 2.77. The monoisotopic (exact) mass is 291 g/mol. The van der Waals surface area contributed by atoms with Crippen molar-refractivity contribution in [1.29, 1.82) is 0 Å². The Labute approximate surface area is 123 Å². The number of rotatable bonds is 4. The van der Waals surface area contributed by atoms with Gasteiger partial charge in [0, 0.05) is 26.2 Å². The number of likely N-dealkylation sites (tertiary alicyclic amines) is 1. The van der Waals surface area contributed by atoms with Crippen LogP contribution in [0, 0.1) is 0 Å². The maximum Gasteiger partial charge on any atom is 0.317 e. The molecule has 2 rings (SSSR count). The van der Waals surface area contributed by atoms with E-state index in [-0.39, 0.29) is 6.03 Å². The molecule has 1 aromatic rings. The van der Waals surface area contributed by atoms with Gasteiger partial charge in [0.1, 0.15) is 0 Å². The highest BCUT2D eigenvalue weighted by Gasteiger charge is 2.43. The summed E-state index contributed by atoms with van der Waals surface area (Å²) in [5.41, 5.74) is 5.26. The van der Waals surface area contributed by atoms with Crippen LogP contribution in [0.4, 0.5) is 4.79 Å². The molecular weight excluding hydrogens is 270 g/mol. The molecule has 0 bridgehead atoms. The molecule has 1 fully saturated rings. The number of nitrogens with zero attached hydrogens (tertiary/aromatic N) is 1. The number of piperidine rings is 1. The molecule has 0 aliphatic carbocycles. The Balaban J connectivity index is 2.09. The van der Waals surface area contributed by atoms with E-state index in [9.17, 15) is 14.7 Å². The first-order valence-corrected chi connectivity index (χ1v) is 7.12. The van der Waals surface area contributed by atoms with Gasteiger partial charge in [0.15, 0.2) is 0 Å². The van der Waals surface area contributed by atoms with Crippen molar-refractivity contribution in [1.82, 2.24) is 10.2 Å². The molecule has 0 radical (unpaired) electrons. The molecule has 114 valence electrons. The molecule has 0 unspecified atom stereocenters. The zero-order valence-corrected chi connectivity index (χ0v) is 11.9. The Bertz CT molecular complexity index is 496. The van der Waals surface area contributed by atoms with E-state index in [2.05, 4.69) is 5.32 Å². The SMILES string of the molecule is NCCNC(=O)N1CCC(C(=O)O)(c2ccccc2)CC1. The topological polar surface area (TPSA) is 95.7 Å². The number of carboxylic acids is 1. The van der Waals surface area contributed by atoms with Gasteiger partial charge in [-0.25, -0.2) is 4.79 Å². The van der Waals surface area contributed by atoms with Crippen LogP contribution in [0.5, 0.6) is 0 Å². The van der Waals surface area contributed by atoms with Crippen molar-refractivity contribution in [2.45, 2.75) is 18.3 Å². The van der Waals surface area contributed by atoms with Gasteiger partial charge in [0.2, 0.25) is 0 Å². The summed E-state index contributed by atoms with van der Waals surface area (Å²) in [5, 5.41) is 12.4. The van der Waals surface area contributed by atoms with Gasteiger partial charge >= 0.3 is 12.0 Å². The lowest BCUT2D eigenvalue weighted by Gasteiger charge is -2.39. The summed E-state index contributed by atoms with van der Waals surface area (Å²) in [6.45, 7) is 1.68. The number of carbonyl (C=O) groups is 2. The summed E-state index contributed by atoms with van der Waals surface area (Å²) in [5.74, 6) is -0.823. The lowest BCUT2D eigenvalue weighted by molar-refractivity contribution is -0.145. The van der Waals surface area contributed by atoms with Gasteiger partial charge in [-0.15, -0.1) is 0 Å². The van der Waals surface area contributed by atoms with Crippen molar-refractivity contribution in [3.8, 4) is 0 Å². The van der Waals surface area contributed by atoms with E-state index < -0.39 is 11.4 Å². The van der Waals surface area contributed by atoms with E-state index in [4.69, 9.17) is 5.73 Å². The molecule has 4 N–H and O–H groups in total. The summed E-state index contributed by atoms with van der Waals surface area (Å²) >= 11 is 0. The van der Waals surface area contributed by atoms with Crippen LogP contribution in [-0.2, 0) is 10.2 Å². The van der Waals surface area contributed by atoms with Gasteiger partial charge < -0.3 is 21.1 Å². The number of urea groups is 1. The molecule has 1 aliphatic rings. The minimum absolute atomic E-state index is 0.174. The van der Waals surface area contributed by atoms with Crippen molar-refractivity contribution in [2.75, 3.05) is 26.2 Å². The lowest BCUT2D eigenvalue weighted by Crippen LogP contribution is -2.52. The van der Waals surface area contributed by atoms with Gasteiger partial charge in [-0.05, 0) is 18.4 Å². The average molecular weight is 291 g/mol. The molecule has 1 heterocycles. The first-order chi connectivity index (χ1) is 10.1. The number of nitrogens with one attached hydrogen (secondary N) is 1. The van der Waals surface area contributed by atoms with Crippen LogP contribution in [0.25, 0.3) is 0 Å². The van der Waals surface area contributed by atoms with Crippen LogP contribution < -0.4 is 11.1 Å². The highest BCUT2D eigenvalue weighted by atomic mass is 16.4. The molecule has 1 aliphatic heterocycles. The first kappa shape index (κ1) is 15.3. The minimum Gasteiger partial charge on any atom is -0.481 e. The summed E-state index contributed by atoms with van der Waals surface area (Å²) in [4.78, 5) is 25.3. The van der Waals surface area contributed by atoms with Crippen LogP contribution in [0.15, 0.2) is 30.3 Å². The maximum atomic E-state index is 11.9. The summed E-state index contributed by atoms with van der Waals surface area (Å²) in [7, 11) is 0. The van der Waals surface area contributed by atoms with Crippen molar-refractivity contribution in [2.24, 2.45) is 5.73 Å². The van der Waals surface area contributed by atoms with Crippen molar-refractivity contribution < 1.29 is 14.7 Å². The maximum absolute atomic E-state index is 11.9. The van der Waals surface area contributed by atoms with Crippen LogP contribution in [0.2, 0.25) is 0 Å². The smallest absolute Gasteiger partial charge is 0.317 e. The largest absolute Gasteiger partial charge is 0.481 e. The number of hydrogen-bond donors (Lipinski definition) is 3. The van der Waals surface area contributed by atoms with E-state index >= 15 is 0 Å². The summed E-state index contributed by atoms with van der Waals surface area (Å²) < 4.78 is 0. The van der Waals surface area contributed by atoms with Crippen LogP contribution in [-0.4, -0.2) is 48.2 Å². The fourth-order valence-corrected chi connectivity index (χ4v) is 2.77. The van der Waals surface area contributed by atoms with Gasteiger partial charge in [-0.2, -0.15) is 0 Å². The number of benzene rings is 1.